The first-order chi connectivity index (χ1) is 12.1. The van der Waals surface area contributed by atoms with Gasteiger partial charge in [0.05, 0.1) is 12.6 Å². The Balaban J connectivity index is 1.56. The second-order valence-electron chi connectivity index (χ2n) is 6.07. The Kier molecular flexibility index (Phi) is 3.69. The number of halogens is 1. The molecule has 4 rings (SSSR count). The van der Waals surface area contributed by atoms with E-state index < -0.39 is 5.54 Å². The van der Waals surface area contributed by atoms with Crippen molar-refractivity contribution in [3.8, 4) is 17.3 Å². The van der Waals surface area contributed by atoms with Crippen LogP contribution in [0, 0.1) is 5.82 Å². The summed E-state index contributed by atoms with van der Waals surface area (Å²) in [5.74, 6) is 1.28. The van der Waals surface area contributed by atoms with Crippen molar-refractivity contribution < 1.29 is 13.7 Å². The first-order valence-electron chi connectivity index (χ1n) is 7.85. The van der Waals surface area contributed by atoms with E-state index in [1.807, 2.05) is 0 Å². The topological polar surface area (TPSA) is 100.0 Å². The molecule has 0 saturated heterocycles. The zero-order chi connectivity index (χ0) is 17.4. The van der Waals surface area contributed by atoms with Crippen LogP contribution in [0.3, 0.4) is 0 Å². The van der Waals surface area contributed by atoms with E-state index in [-0.39, 0.29) is 18.1 Å². The van der Waals surface area contributed by atoms with Crippen molar-refractivity contribution in [1.29, 1.82) is 0 Å². The molecule has 1 aliphatic rings. The first-order valence-corrected chi connectivity index (χ1v) is 7.85. The summed E-state index contributed by atoms with van der Waals surface area (Å²) in [5, 5.41) is 3.90. The third-order valence-corrected chi connectivity index (χ3v) is 4.19. The average Bonchev–Trinajstić information content (AvgIpc) is 3.21. The fraction of sp³-hybridized carbons (Fsp3) is 0.294. The number of aromatic nitrogens is 4. The molecule has 2 heterocycles. The number of methoxy groups -OCH3 is 1. The van der Waals surface area contributed by atoms with Crippen molar-refractivity contribution in [1.82, 2.24) is 20.1 Å². The number of hydrogen-bond donors (Lipinski definition) is 1. The molecule has 8 heteroatoms. The monoisotopic (exact) mass is 341 g/mol. The van der Waals surface area contributed by atoms with Crippen LogP contribution >= 0.6 is 0 Å². The molecule has 1 aliphatic carbocycles. The lowest BCUT2D eigenvalue weighted by molar-refractivity contribution is 0.410. The summed E-state index contributed by atoms with van der Waals surface area (Å²) in [6, 6.07) is 6.33. The Bertz CT molecular complexity index is 923. The molecule has 0 aliphatic heterocycles. The Morgan fingerprint density at radius 2 is 2.12 bits per heavy atom. The number of benzene rings is 1. The van der Waals surface area contributed by atoms with Crippen LogP contribution in [-0.4, -0.2) is 27.2 Å². The molecule has 128 valence electrons. The van der Waals surface area contributed by atoms with Crippen molar-refractivity contribution in [2.45, 2.75) is 24.8 Å². The van der Waals surface area contributed by atoms with Crippen molar-refractivity contribution in [2.75, 3.05) is 7.11 Å². The molecule has 0 amide bonds. The van der Waals surface area contributed by atoms with E-state index in [1.165, 1.54) is 13.2 Å². The minimum Gasteiger partial charge on any atom is -0.497 e. The first kappa shape index (κ1) is 15.6. The molecule has 2 N–H and O–H groups in total. The number of nitrogens with two attached hydrogens (primary N) is 1. The van der Waals surface area contributed by atoms with E-state index in [0.717, 1.165) is 12.8 Å². The van der Waals surface area contributed by atoms with Gasteiger partial charge in [-0.15, -0.1) is 0 Å². The highest BCUT2D eigenvalue weighted by Gasteiger charge is 2.43. The largest absolute Gasteiger partial charge is 0.497 e. The molecule has 0 radical (unpaired) electrons. The van der Waals surface area contributed by atoms with Gasteiger partial charge in [0.1, 0.15) is 23.1 Å². The van der Waals surface area contributed by atoms with Crippen LogP contribution in [0.1, 0.15) is 30.1 Å². The normalized spacial score (nSPS) is 15.2. The zero-order valence-corrected chi connectivity index (χ0v) is 13.6. The maximum Gasteiger partial charge on any atom is 0.276 e. The van der Waals surface area contributed by atoms with Gasteiger partial charge < -0.3 is 15.0 Å². The Morgan fingerprint density at radius 1 is 1.28 bits per heavy atom. The van der Waals surface area contributed by atoms with E-state index in [1.54, 1.807) is 24.4 Å². The van der Waals surface area contributed by atoms with Crippen molar-refractivity contribution in [3.63, 3.8) is 0 Å². The van der Waals surface area contributed by atoms with E-state index >= 15 is 0 Å². The minimum atomic E-state index is -0.439. The smallest absolute Gasteiger partial charge is 0.276 e. The summed E-state index contributed by atoms with van der Waals surface area (Å²) in [7, 11) is 1.49. The molecule has 0 atom stereocenters. The highest BCUT2D eigenvalue weighted by molar-refractivity contribution is 5.46. The summed E-state index contributed by atoms with van der Waals surface area (Å²) in [4.78, 5) is 12.9. The van der Waals surface area contributed by atoms with E-state index in [4.69, 9.17) is 15.0 Å². The van der Waals surface area contributed by atoms with Gasteiger partial charge in [0.2, 0.25) is 0 Å². The Labute approximate surface area is 143 Å². The van der Waals surface area contributed by atoms with Crippen LogP contribution in [0.4, 0.5) is 4.39 Å². The van der Waals surface area contributed by atoms with Crippen LogP contribution in [0.2, 0.25) is 0 Å². The van der Waals surface area contributed by atoms with Crippen LogP contribution in [0.15, 0.2) is 35.0 Å². The fourth-order valence-corrected chi connectivity index (χ4v) is 2.47. The summed E-state index contributed by atoms with van der Waals surface area (Å²) in [5.41, 5.74) is 6.64. The van der Waals surface area contributed by atoms with Crippen LogP contribution in [0.25, 0.3) is 11.6 Å². The van der Waals surface area contributed by atoms with Gasteiger partial charge in [0.25, 0.3) is 5.89 Å². The molecule has 0 spiro atoms. The molecule has 3 aromatic rings. The van der Waals surface area contributed by atoms with Gasteiger partial charge in [-0.05, 0) is 30.5 Å². The third kappa shape index (κ3) is 3.08. The van der Waals surface area contributed by atoms with Crippen LogP contribution in [-0.2, 0) is 12.0 Å². The van der Waals surface area contributed by atoms with Crippen molar-refractivity contribution in [2.24, 2.45) is 5.73 Å². The lowest BCUT2D eigenvalue weighted by Crippen LogP contribution is -2.22. The third-order valence-electron chi connectivity index (χ3n) is 4.19. The highest BCUT2D eigenvalue weighted by Crippen LogP contribution is 2.40. The van der Waals surface area contributed by atoms with Crippen LogP contribution in [0.5, 0.6) is 5.75 Å². The lowest BCUT2D eigenvalue weighted by atomic mass is 10.1. The van der Waals surface area contributed by atoms with E-state index in [2.05, 4.69) is 20.1 Å². The highest BCUT2D eigenvalue weighted by atomic mass is 19.1. The molecule has 1 saturated carbocycles. The van der Waals surface area contributed by atoms with Crippen molar-refractivity contribution in [3.05, 3.63) is 53.5 Å². The fourth-order valence-electron chi connectivity index (χ4n) is 2.47. The average molecular weight is 341 g/mol. The van der Waals surface area contributed by atoms with Gasteiger partial charge in [0, 0.05) is 18.7 Å². The molecule has 0 bridgehead atoms. The quantitative estimate of drug-likeness (QED) is 0.759. The lowest BCUT2D eigenvalue weighted by Gasteiger charge is -2.06. The van der Waals surface area contributed by atoms with Gasteiger partial charge >= 0.3 is 0 Å². The number of nitrogens with zero attached hydrogens (tertiary/aromatic N) is 4. The molecule has 7 nitrogen and oxygen atoms in total. The minimum absolute atomic E-state index is 0.206. The summed E-state index contributed by atoms with van der Waals surface area (Å²) >= 11 is 0. The Hall–Kier alpha value is -2.87. The molecule has 1 aromatic carbocycles. The van der Waals surface area contributed by atoms with Gasteiger partial charge in [-0.25, -0.2) is 14.4 Å². The molecular formula is C17H16FN5O2. The molecule has 25 heavy (non-hydrogen) atoms. The van der Waals surface area contributed by atoms with Gasteiger partial charge in [0.15, 0.2) is 5.82 Å². The summed E-state index contributed by atoms with van der Waals surface area (Å²) in [6.45, 7) is 0. The molecule has 0 unspecified atom stereocenters. The maximum absolute atomic E-state index is 14.0. The predicted molar refractivity (Wildman–Crippen MR) is 86.2 cm³/mol. The number of hydrogen-bond acceptors (Lipinski definition) is 7. The standard InChI is InChI=1S/C17H16FN5O2/c1-24-11-3-2-10(12(18)9-11)8-14-22-15(25-23-14)13-4-7-20-16(21-13)17(19)5-6-17/h2-4,7,9H,5-6,8,19H2,1H3. The van der Waals surface area contributed by atoms with Crippen LogP contribution < -0.4 is 10.5 Å². The molecule has 1 fully saturated rings. The van der Waals surface area contributed by atoms with E-state index in [0.29, 0.717) is 28.7 Å². The van der Waals surface area contributed by atoms with E-state index in [9.17, 15) is 4.39 Å². The zero-order valence-electron chi connectivity index (χ0n) is 13.6. The summed E-state index contributed by atoms with van der Waals surface area (Å²) < 4.78 is 24.3. The second kappa shape index (κ2) is 5.89. The molecular weight excluding hydrogens is 325 g/mol. The predicted octanol–water partition coefficient (Wildman–Crippen LogP) is 2.21. The summed E-state index contributed by atoms with van der Waals surface area (Å²) in [6.07, 6.45) is 3.56. The number of ether oxygens (including phenoxy) is 1. The van der Waals surface area contributed by atoms with Gasteiger partial charge in [-0.3, -0.25) is 0 Å². The van der Waals surface area contributed by atoms with Gasteiger partial charge in [-0.2, -0.15) is 4.98 Å². The van der Waals surface area contributed by atoms with Crippen molar-refractivity contribution >= 4 is 0 Å². The number of rotatable bonds is 5. The maximum atomic E-state index is 14.0. The Morgan fingerprint density at radius 3 is 2.84 bits per heavy atom. The molecule has 2 aromatic heterocycles. The SMILES string of the molecule is COc1ccc(Cc2noc(-c3ccnc(C4(N)CC4)n3)n2)c(F)c1. The second-order valence-corrected chi connectivity index (χ2v) is 6.07. The van der Waals surface area contributed by atoms with Gasteiger partial charge in [-0.1, -0.05) is 11.2 Å².